The Morgan fingerprint density at radius 2 is 1.52 bits per heavy atom. The van der Waals surface area contributed by atoms with Crippen molar-refractivity contribution in [2.24, 2.45) is 5.92 Å². The molecule has 0 atom stereocenters. The second-order valence-corrected chi connectivity index (χ2v) is 6.60. The maximum atomic E-state index is 12.6. The molecule has 6 nitrogen and oxygen atoms in total. The largest absolute Gasteiger partial charge is 0.494 e. The fourth-order valence-electron chi connectivity index (χ4n) is 2.33. The molecule has 2 aromatic rings. The average Bonchev–Trinajstić information content (AvgIpc) is 2.66. The van der Waals surface area contributed by atoms with Crippen LogP contribution in [0.2, 0.25) is 0 Å². The first kappa shape index (κ1) is 20.3. The van der Waals surface area contributed by atoms with Gasteiger partial charge in [0, 0.05) is 18.3 Å². The number of aliphatic carboxylic acids is 1. The van der Waals surface area contributed by atoms with Crippen molar-refractivity contribution in [3.63, 3.8) is 0 Å². The van der Waals surface area contributed by atoms with E-state index in [1.54, 1.807) is 55.6 Å². The normalized spacial score (nSPS) is 10.5. The Morgan fingerprint density at radius 3 is 2.07 bits per heavy atom. The topological polar surface area (TPSA) is 76.1 Å². The summed E-state index contributed by atoms with van der Waals surface area (Å²) in [7, 11) is 1.68. The highest BCUT2D eigenvalue weighted by Crippen LogP contribution is 2.21. The minimum absolute atomic E-state index is 0.150. The zero-order valence-electron chi connectivity index (χ0n) is 15.8. The first-order chi connectivity index (χ1) is 12.9. The van der Waals surface area contributed by atoms with E-state index in [0.29, 0.717) is 29.5 Å². The third-order valence-electron chi connectivity index (χ3n) is 3.96. The van der Waals surface area contributed by atoms with Crippen LogP contribution in [0.15, 0.2) is 48.5 Å². The molecule has 0 fully saturated rings. The van der Waals surface area contributed by atoms with Gasteiger partial charge in [0.1, 0.15) is 11.5 Å². The van der Waals surface area contributed by atoms with Gasteiger partial charge in [0.05, 0.1) is 6.61 Å². The third kappa shape index (κ3) is 6.33. The zero-order chi connectivity index (χ0) is 19.8. The number of benzene rings is 2. The molecule has 0 spiro atoms. The number of ether oxygens (including phenoxy) is 2. The van der Waals surface area contributed by atoms with Crippen LogP contribution in [-0.2, 0) is 4.79 Å². The Kier molecular flexibility index (Phi) is 7.23. The van der Waals surface area contributed by atoms with E-state index in [4.69, 9.17) is 14.6 Å². The van der Waals surface area contributed by atoms with Gasteiger partial charge in [-0.25, -0.2) is 4.79 Å². The molecule has 0 saturated heterocycles. The molecule has 0 radical (unpaired) electrons. The Bertz CT molecular complexity index is 753. The number of carbonyl (C=O) groups is 2. The molecule has 0 heterocycles. The molecule has 27 heavy (non-hydrogen) atoms. The number of hydrogen-bond donors (Lipinski definition) is 1. The van der Waals surface area contributed by atoms with E-state index in [0.717, 1.165) is 12.2 Å². The van der Waals surface area contributed by atoms with Gasteiger partial charge < -0.3 is 19.5 Å². The Hall–Kier alpha value is -3.02. The van der Waals surface area contributed by atoms with E-state index in [-0.39, 0.29) is 5.91 Å². The van der Waals surface area contributed by atoms with E-state index in [9.17, 15) is 9.59 Å². The summed E-state index contributed by atoms with van der Waals surface area (Å²) in [6, 6.07) is 13.8. The summed E-state index contributed by atoms with van der Waals surface area (Å²) < 4.78 is 10.8. The molecular formula is C21H25NO5. The predicted octanol–water partition coefficient (Wildman–Crippen LogP) is 3.85. The summed E-state index contributed by atoms with van der Waals surface area (Å²) >= 11 is 0. The van der Waals surface area contributed by atoms with Crippen molar-refractivity contribution in [1.82, 2.24) is 0 Å². The van der Waals surface area contributed by atoms with Crippen LogP contribution in [0.1, 0.15) is 30.6 Å². The van der Waals surface area contributed by atoms with Gasteiger partial charge in [-0.15, -0.1) is 0 Å². The quantitative estimate of drug-likeness (QED) is 0.724. The fourth-order valence-corrected chi connectivity index (χ4v) is 2.33. The van der Waals surface area contributed by atoms with Gasteiger partial charge >= 0.3 is 5.97 Å². The highest BCUT2D eigenvalue weighted by Gasteiger charge is 2.14. The van der Waals surface area contributed by atoms with Crippen molar-refractivity contribution in [2.75, 3.05) is 25.2 Å². The molecule has 144 valence electrons. The summed E-state index contributed by atoms with van der Waals surface area (Å²) in [5.74, 6) is 0.575. The number of carboxylic acid groups (broad SMARTS) is 1. The van der Waals surface area contributed by atoms with Crippen LogP contribution in [-0.4, -0.2) is 37.2 Å². The molecule has 0 aliphatic rings. The highest BCUT2D eigenvalue weighted by atomic mass is 16.5. The smallest absolute Gasteiger partial charge is 0.341 e. The van der Waals surface area contributed by atoms with E-state index in [1.807, 2.05) is 0 Å². The molecule has 0 bridgehead atoms. The molecular weight excluding hydrogens is 346 g/mol. The standard InChI is InChI=1S/C21H25NO5/c1-15(2)12-13-26-18-8-4-16(5-9-18)21(25)22(3)17-6-10-19(11-7-17)27-14-20(23)24/h4-11,15H,12-14H2,1-3H3,(H,23,24). The highest BCUT2D eigenvalue weighted by molar-refractivity contribution is 6.05. The predicted molar refractivity (Wildman–Crippen MR) is 104 cm³/mol. The number of rotatable bonds is 9. The minimum atomic E-state index is -1.04. The summed E-state index contributed by atoms with van der Waals surface area (Å²) in [5.41, 5.74) is 1.24. The van der Waals surface area contributed by atoms with Crippen molar-refractivity contribution in [1.29, 1.82) is 0 Å². The second kappa shape index (κ2) is 9.62. The summed E-state index contributed by atoms with van der Waals surface area (Å²) in [6.45, 7) is 4.54. The fraction of sp³-hybridized carbons (Fsp3) is 0.333. The number of carbonyl (C=O) groups excluding carboxylic acids is 1. The molecule has 0 saturated carbocycles. The van der Waals surface area contributed by atoms with Gasteiger partial charge in [0.2, 0.25) is 0 Å². The first-order valence-corrected chi connectivity index (χ1v) is 8.82. The van der Waals surface area contributed by atoms with Gasteiger partial charge in [-0.2, -0.15) is 0 Å². The van der Waals surface area contributed by atoms with Gasteiger partial charge in [-0.3, -0.25) is 4.79 Å². The molecule has 2 rings (SSSR count). The summed E-state index contributed by atoms with van der Waals surface area (Å²) in [5, 5.41) is 8.62. The lowest BCUT2D eigenvalue weighted by Gasteiger charge is -2.18. The molecule has 0 aliphatic heterocycles. The third-order valence-corrected chi connectivity index (χ3v) is 3.96. The van der Waals surface area contributed by atoms with Crippen LogP contribution in [0.4, 0.5) is 5.69 Å². The SMILES string of the molecule is CC(C)CCOc1ccc(C(=O)N(C)c2ccc(OCC(=O)O)cc2)cc1. The van der Waals surface area contributed by atoms with Crippen LogP contribution >= 0.6 is 0 Å². The molecule has 1 N–H and O–H groups in total. The Morgan fingerprint density at radius 1 is 0.963 bits per heavy atom. The van der Waals surface area contributed by atoms with Crippen LogP contribution in [0, 0.1) is 5.92 Å². The maximum Gasteiger partial charge on any atom is 0.341 e. The van der Waals surface area contributed by atoms with E-state index >= 15 is 0 Å². The molecule has 0 unspecified atom stereocenters. The van der Waals surface area contributed by atoms with E-state index < -0.39 is 12.6 Å². The summed E-state index contributed by atoms with van der Waals surface area (Å²) in [6.07, 6.45) is 0.982. The minimum Gasteiger partial charge on any atom is -0.494 e. The van der Waals surface area contributed by atoms with E-state index in [1.165, 1.54) is 4.90 Å². The number of amides is 1. The van der Waals surface area contributed by atoms with Crippen molar-refractivity contribution in [3.05, 3.63) is 54.1 Å². The second-order valence-electron chi connectivity index (χ2n) is 6.60. The lowest BCUT2D eigenvalue weighted by Crippen LogP contribution is -2.26. The molecule has 2 aromatic carbocycles. The number of hydrogen-bond acceptors (Lipinski definition) is 4. The van der Waals surface area contributed by atoms with Gasteiger partial charge in [0.25, 0.3) is 5.91 Å². The lowest BCUT2D eigenvalue weighted by atomic mass is 10.1. The molecule has 0 aromatic heterocycles. The summed E-state index contributed by atoms with van der Waals surface area (Å²) in [4.78, 5) is 24.7. The van der Waals surface area contributed by atoms with Crippen molar-refractivity contribution in [3.8, 4) is 11.5 Å². The van der Waals surface area contributed by atoms with Gasteiger partial charge in [-0.1, -0.05) is 13.8 Å². The number of anilines is 1. The van der Waals surface area contributed by atoms with Gasteiger partial charge in [-0.05, 0) is 60.9 Å². The van der Waals surface area contributed by atoms with Crippen LogP contribution in [0.25, 0.3) is 0 Å². The number of carboxylic acids is 1. The lowest BCUT2D eigenvalue weighted by molar-refractivity contribution is -0.139. The van der Waals surface area contributed by atoms with Crippen LogP contribution < -0.4 is 14.4 Å². The molecule has 0 aliphatic carbocycles. The monoisotopic (exact) mass is 371 g/mol. The first-order valence-electron chi connectivity index (χ1n) is 8.82. The van der Waals surface area contributed by atoms with E-state index in [2.05, 4.69) is 13.8 Å². The maximum absolute atomic E-state index is 12.6. The van der Waals surface area contributed by atoms with Crippen LogP contribution in [0.3, 0.4) is 0 Å². The number of nitrogens with zero attached hydrogens (tertiary/aromatic N) is 1. The zero-order valence-corrected chi connectivity index (χ0v) is 15.8. The Labute approximate surface area is 159 Å². The van der Waals surface area contributed by atoms with Gasteiger partial charge in [0.15, 0.2) is 6.61 Å². The van der Waals surface area contributed by atoms with Crippen molar-refractivity contribution in [2.45, 2.75) is 20.3 Å². The molecule has 1 amide bonds. The van der Waals surface area contributed by atoms with Crippen LogP contribution in [0.5, 0.6) is 11.5 Å². The van der Waals surface area contributed by atoms with Crippen molar-refractivity contribution >= 4 is 17.6 Å². The van der Waals surface area contributed by atoms with Crippen molar-refractivity contribution < 1.29 is 24.2 Å². The molecule has 6 heteroatoms. The average molecular weight is 371 g/mol. The Balaban J connectivity index is 1.96.